The molecule has 0 N–H and O–H groups in total. The van der Waals surface area contributed by atoms with Gasteiger partial charge in [0.2, 0.25) is 0 Å². The molecule has 0 bridgehead atoms. The van der Waals surface area contributed by atoms with E-state index in [0.717, 1.165) is 40.9 Å². The second-order valence-corrected chi connectivity index (χ2v) is 6.36. The van der Waals surface area contributed by atoms with Crippen molar-refractivity contribution in [2.45, 2.75) is 12.8 Å². The Bertz CT molecular complexity index is 934. The minimum atomic E-state index is 0.845. The molecule has 0 radical (unpaired) electrons. The highest BCUT2D eigenvalue weighted by molar-refractivity contribution is 14.1. The molecule has 0 saturated heterocycles. The van der Waals surface area contributed by atoms with Gasteiger partial charge in [-0.2, -0.15) is 0 Å². The normalized spacial score (nSPS) is 12.5. The van der Waals surface area contributed by atoms with E-state index in [-0.39, 0.29) is 0 Å². The van der Waals surface area contributed by atoms with Crippen molar-refractivity contribution < 1.29 is 12.5 Å². The van der Waals surface area contributed by atoms with Gasteiger partial charge >= 0.3 is 0 Å². The lowest BCUT2D eigenvalue weighted by atomic mass is 9.83. The van der Waals surface area contributed by atoms with Crippen molar-refractivity contribution in [3.63, 3.8) is 0 Å². The van der Waals surface area contributed by atoms with Crippen LogP contribution in [-0.2, 0) is 12.8 Å². The first-order chi connectivity index (χ1) is 11.7. The predicted molar refractivity (Wildman–Crippen MR) is 105 cm³/mol. The van der Waals surface area contributed by atoms with Crippen LogP contribution in [0.3, 0.4) is 0 Å². The molecule has 4 rings (SSSR count). The summed E-state index contributed by atoms with van der Waals surface area (Å²) in [7, 11) is 3.40. The quantitative estimate of drug-likeness (QED) is 0.523. The van der Waals surface area contributed by atoms with Crippen LogP contribution in [0.4, 0.5) is 0 Å². The zero-order valence-corrected chi connectivity index (χ0v) is 15.7. The third-order valence-electron chi connectivity index (χ3n) is 4.73. The van der Waals surface area contributed by atoms with E-state index in [4.69, 9.17) is 12.5 Å². The summed E-state index contributed by atoms with van der Waals surface area (Å²) in [5.41, 5.74) is 5.12. The Hall–Kier alpha value is -1.95. The Labute approximate surface area is 155 Å². The molecule has 0 fully saturated rings. The number of fused-ring (bicyclic) bond motifs is 4. The molecule has 0 unspecified atom stereocenters. The Kier molecular flexibility index (Phi) is 4.00. The molecule has 3 aromatic rings. The first-order valence-electron chi connectivity index (χ1n) is 7.84. The van der Waals surface area contributed by atoms with Gasteiger partial charge in [0.25, 0.3) is 0 Å². The Morgan fingerprint density at radius 3 is 2.33 bits per heavy atom. The number of ether oxygens (including phenoxy) is 2. The Morgan fingerprint density at radius 2 is 1.58 bits per heavy atom. The second-order valence-electron chi connectivity index (χ2n) is 5.92. The molecular weight excluding hydrogens is 415 g/mol. The van der Waals surface area contributed by atoms with Gasteiger partial charge in [-0.25, -0.2) is 0 Å². The molecular formula is C20H17IO3. The highest BCUT2D eigenvalue weighted by atomic mass is 127. The van der Waals surface area contributed by atoms with E-state index < -0.39 is 0 Å². The van der Waals surface area contributed by atoms with Crippen LogP contribution in [0.25, 0.3) is 21.9 Å². The van der Waals surface area contributed by atoms with Crippen molar-refractivity contribution in [3.05, 3.63) is 53.6 Å². The third-order valence-corrected chi connectivity index (χ3v) is 5.17. The number of halogens is 1. The Morgan fingerprint density at radius 1 is 0.833 bits per heavy atom. The van der Waals surface area contributed by atoms with Crippen LogP contribution < -0.4 is 12.5 Å². The number of rotatable bonds is 3. The second kappa shape index (κ2) is 6.16. The summed E-state index contributed by atoms with van der Waals surface area (Å²) in [6.07, 6.45) is 1.95. The van der Waals surface area contributed by atoms with Crippen LogP contribution in [0.1, 0.15) is 11.1 Å². The lowest BCUT2D eigenvalue weighted by Crippen LogP contribution is -2.06. The molecule has 1 aliphatic rings. The molecule has 0 spiro atoms. The van der Waals surface area contributed by atoms with E-state index in [2.05, 4.69) is 24.3 Å². The highest BCUT2D eigenvalue weighted by Crippen LogP contribution is 2.44. The summed E-state index contributed by atoms with van der Waals surface area (Å²) >= 11 is 1.98. The van der Waals surface area contributed by atoms with Gasteiger partial charge < -0.3 is 12.5 Å². The van der Waals surface area contributed by atoms with Crippen LogP contribution in [0.15, 0.2) is 42.5 Å². The molecule has 24 heavy (non-hydrogen) atoms. The minimum Gasteiger partial charge on any atom is -0.497 e. The molecule has 0 aromatic heterocycles. The van der Waals surface area contributed by atoms with Crippen molar-refractivity contribution in [1.29, 1.82) is 0 Å². The van der Waals surface area contributed by atoms with Crippen LogP contribution in [0, 0.1) is 0 Å². The number of hydrogen-bond acceptors (Lipinski definition) is 3. The summed E-state index contributed by atoms with van der Waals surface area (Å²) in [6.45, 7) is 0. The number of aryl methyl sites for hydroxylation is 1. The van der Waals surface area contributed by atoms with Crippen molar-refractivity contribution in [2.24, 2.45) is 0 Å². The molecule has 1 aliphatic carbocycles. The first-order valence-corrected chi connectivity index (χ1v) is 8.72. The molecule has 0 saturated carbocycles. The Balaban J connectivity index is 1.99. The van der Waals surface area contributed by atoms with Gasteiger partial charge in [-0.1, -0.05) is 12.1 Å². The van der Waals surface area contributed by atoms with Gasteiger partial charge in [0.05, 0.1) is 14.2 Å². The molecule has 4 heteroatoms. The van der Waals surface area contributed by atoms with Crippen LogP contribution >= 0.6 is 23.0 Å². The summed E-state index contributed by atoms with van der Waals surface area (Å²) in [6, 6.07) is 14.7. The van der Waals surface area contributed by atoms with Gasteiger partial charge in [0.15, 0.2) is 23.0 Å². The molecule has 3 nitrogen and oxygen atoms in total. The SMILES string of the molecule is COc1ccc2c(c1)CCc1c-2cc2ccc(OC)cc2c1OI. The monoisotopic (exact) mass is 432 g/mol. The average Bonchev–Trinajstić information content (AvgIpc) is 2.64. The van der Waals surface area contributed by atoms with Crippen molar-refractivity contribution in [3.8, 4) is 28.4 Å². The topological polar surface area (TPSA) is 27.7 Å². The molecule has 0 heterocycles. The largest absolute Gasteiger partial charge is 0.497 e. The minimum absolute atomic E-state index is 0.845. The molecule has 0 aliphatic heterocycles. The predicted octanol–water partition coefficient (Wildman–Crippen LogP) is 5.35. The zero-order valence-electron chi connectivity index (χ0n) is 13.6. The lowest BCUT2D eigenvalue weighted by Gasteiger charge is -2.23. The van der Waals surface area contributed by atoms with Crippen molar-refractivity contribution in [2.75, 3.05) is 14.2 Å². The number of methoxy groups -OCH3 is 2. The fraction of sp³-hybridized carbons (Fsp3) is 0.200. The van der Waals surface area contributed by atoms with Gasteiger partial charge in [0.1, 0.15) is 17.2 Å². The van der Waals surface area contributed by atoms with Gasteiger partial charge in [0, 0.05) is 10.9 Å². The van der Waals surface area contributed by atoms with E-state index in [1.54, 1.807) is 14.2 Å². The summed E-state index contributed by atoms with van der Waals surface area (Å²) < 4.78 is 16.5. The van der Waals surface area contributed by atoms with Crippen LogP contribution in [0.2, 0.25) is 0 Å². The fourth-order valence-electron chi connectivity index (χ4n) is 3.52. The van der Waals surface area contributed by atoms with Crippen molar-refractivity contribution in [1.82, 2.24) is 0 Å². The van der Waals surface area contributed by atoms with E-state index in [9.17, 15) is 0 Å². The summed E-state index contributed by atoms with van der Waals surface area (Å²) in [5.74, 6) is 2.70. The molecule has 122 valence electrons. The maximum atomic E-state index is 5.78. The molecule has 0 atom stereocenters. The van der Waals surface area contributed by atoms with E-state index in [0.29, 0.717) is 0 Å². The number of hydrogen-bond donors (Lipinski definition) is 0. The standard InChI is InChI=1S/C20H17IO3/c1-22-14-6-8-16-12(9-14)4-7-17-19(16)10-13-3-5-15(23-2)11-18(13)20(17)24-21/h3,5-6,8-11H,4,7H2,1-2H3. The van der Waals surface area contributed by atoms with Gasteiger partial charge in [-0.15, -0.1) is 0 Å². The van der Waals surface area contributed by atoms with E-state index in [1.165, 1.54) is 22.3 Å². The number of benzene rings is 3. The summed E-state index contributed by atoms with van der Waals surface area (Å²) in [4.78, 5) is 0. The lowest BCUT2D eigenvalue weighted by molar-refractivity contribution is 0.414. The van der Waals surface area contributed by atoms with Crippen molar-refractivity contribution >= 4 is 33.8 Å². The van der Waals surface area contributed by atoms with Gasteiger partial charge in [-0.05, 0) is 65.3 Å². The molecule has 3 aromatic carbocycles. The average molecular weight is 432 g/mol. The van der Waals surface area contributed by atoms with E-state index in [1.807, 2.05) is 41.2 Å². The third kappa shape index (κ3) is 2.40. The fourth-order valence-corrected chi connectivity index (χ4v) is 4.02. The maximum absolute atomic E-state index is 5.78. The highest BCUT2D eigenvalue weighted by Gasteiger charge is 2.22. The van der Waals surface area contributed by atoms with Crippen LogP contribution in [-0.4, -0.2) is 14.2 Å². The zero-order chi connectivity index (χ0) is 16.7. The molecule has 0 amide bonds. The first kappa shape index (κ1) is 15.6. The maximum Gasteiger partial charge on any atom is 0.192 e. The van der Waals surface area contributed by atoms with E-state index >= 15 is 0 Å². The van der Waals surface area contributed by atoms with Gasteiger partial charge in [-0.3, -0.25) is 0 Å². The van der Waals surface area contributed by atoms with Crippen LogP contribution in [0.5, 0.6) is 17.2 Å². The summed E-state index contributed by atoms with van der Waals surface area (Å²) in [5, 5.41) is 2.25. The smallest absolute Gasteiger partial charge is 0.192 e.